The summed E-state index contributed by atoms with van der Waals surface area (Å²) < 4.78 is 11.3. The number of β-amino-alcohol motifs (C(OH)–C–C–N with tert-alkyl or cyclic N) is 1. The summed E-state index contributed by atoms with van der Waals surface area (Å²) in [6.45, 7) is 5.14. The summed E-state index contributed by atoms with van der Waals surface area (Å²) in [5.74, 6) is -0.0712. The van der Waals surface area contributed by atoms with E-state index < -0.39 is 5.60 Å². The molecule has 1 amide bonds. The first kappa shape index (κ1) is 17.1. The second-order valence-electron chi connectivity index (χ2n) is 7.34. The SMILES string of the molecule is COC1(CN2CCCC(O)(C(=O)N3CCCC3)C2)CCOCC1. The van der Waals surface area contributed by atoms with Gasteiger partial charge in [-0.05, 0) is 32.2 Å². The monoisotopic (exact) mass is 326 g/mol. The molecule has 1 unspecified atom stereocenters. The highest BCUT2D eigenvalue weighted by atomic mass is 16.5. The first-order valence-corrected chi connectivity index (χ1v) is 8.94. The molecule has 0 spiro atoms. The lowest BCUT2D eigenvalue weighted by Crippen LogP contribution is -2.60. The van der Waals surface area contributed by atoms with Crippen molar-refractivity contribution in [1.29, 1.82) is 0 Å². The van der Waals surface area contributed by atoms with Gasteiger partial charge in [0.1, 0.15) is 0 Å². The Hall–Kier alpha value is -0.690. The Labute approximate surface area is 138 Å². The number of ether oxygens (including phenoxy) is 2. The summed E-state index contributed by atoms with van der Waals surface area (Å²) >= 11 is 0. The molecule has 3 saturated heterocycles. The molecule has 132 valence electrons. The molecule has 0 radical (unpaired) electrons. The van der Waals surface area contributed by atoms with E-state index in [4.69, 9.17) is 9.47 Å². The van der Waals surface area contributed by atoms with Crippen LogP contribution in [-0.4, -0.2) is 85.1 Å². The van der Waals surface area contributed by atoms with E-state index in [1.54, 1.807) is 7.11 Å². The Morgan fingerprint density at radius 1 is 1.13 bits per heavy atom. The van der Waals surface area contributed by atoms with Gasteiger partial charge in [0.15, 0.2) is 5.60 Å². The van der Waals surface area contributed by atoms with Gasteiger partial charge in [0.05, 0.1) is 5.60 Å². The van der Waals surface area contributed by atoms with Crippen molar-refractivity contribution < 1.29 is 19.4 Å². The number of aliphatic hydroxyl groups is 1. The predicted molar refractivity (Wildman–Crippen MR) is 86.2 cm³/mol. The second-order valence-corrected chi connectivity index (χ2v) is 7.34. The lowest BCUT2D eigenvalue weighted by atomic mass is 9.88. The van der Waals surface area contributed by atoms with Crippen molar-refractivity contribution in [3.8, 4) is 0 Å². The molecule has 0 saturated carbocycles. The molecule has 0 aliphatic carbocycles. The average molecular weight is 326 g/mol. The highest BCUT2D eigenvalue weighted by molar-refractivity contribution is 5.85. The lowest BCUT2D eigenvalue weighted by Gasteiger charge is -2.45. The number of nitrogens with zero attached hydrogens (tertiary/aromatic N) is 2. The minimum Gasteiger partial charge on any atom is -0.381 e. The molecule has 0 aromatic rings. The normalized spacial score (nSPS) is 32.2. The van der Waals surface area contributed by atoms with Crippen LogP contribution in [0.15, 0.2) is 0 Å². The third-order valence-electron chi connectivity index (χ3n) is 5.69. The molecule has 1 atom stereocenters. The smallest absolute Gasteiger partial charge is 0.255 e. The van der Waals surface area contributed by atoms with E-state index in [2.05, 4.69) is 4.90 Å². The Bertz CT molecular complexity index is 419. The van der Waals surface area contributed by atoms with Crippen molar-refractivity contribution in [1.82, 2.24) is 9.80 Å². The van der Waals surface area contributed by atoms with Crippen molar-refractivity contribution in [2.45, 2.75) is 49.7 Å². The number of hydrogen-bond acceptors (Lipinski definition) is 5. The summed E-state index contributed by atoms with van der Waals surface area (Å²) in [6.07, 6.45) is 5.28. The highest BCUT2D eigenvalue weighted by Gasteiger charge is 2.45. The fourth-order valence-electron chi connectivity index (χ4n) is 4.22. The maximum Gasteiger partial charge on any atom is 0.255 e. The van der Waals surface area contributed by atoms with Gasteiger partial charge in [-0.1, -0.05) is 0 Å². The zero-order valence-corrected chi connectivity index (χ0v) is 14.3. The lowest BCUT2D eigenvalue weighted by molar-refractivity contribution is -0.160. The quantitative estimate of drug-likeness (QED) is 0.821. The van der Waals surface area contributed by atoms with Crippen LogP contribution in [-0.2, 0) is 14.3 Å². The molecular formula is C17H30N2O4. The van der Waals surface area contributed by atoms with Crippen molar-refractivity contribution in [3.05, 3.63) is 0 Å². The number of piperidine rings is 1. The van der Waals surface area contributed by atoms with Gasteiger partial charge in [-0.2, -0.15) is 0 Å². The van der Waals surface area contributed by atoms with Crippen molar-refractivity contribution in [3.63, 3.8) is 0 Å². The van der Waals surface area contributed by atoms with Crippen LogP contribution in [0.2, 0.25) is 0 Å². The van der Waals surface area contributed by atoms with Gasteiger partial charge in [0.2, 0.25) is 0 Å². The summed E-state index contributed by atoms with van der Waals surface area (Å²) in [5.41, 5.74) is -1.42. The number of carbonyl (C=O) groups excluding carboxylic acids is 1. The summed E-state index contributed by atoms with van der Waals surface area (Å²) in [5, 5.41) is 11.0. The summed E-state index contributed by atoms with van der Waals surface area (Å²) in [4.78, 5) is 16.8. The highest BCUT2D eigenvalue weighted by Crippen LogP contribution is 2.30. The Morgan fingerprint density at radius 3 is 2.48 bits per heavy atom. The Morgan fingerprint density at radius 2 is 1.83 bits per heavy atom. The number of methoxy groups -OCH3 is 1. The molecule has 0 bridgehead atoms. The van der Waals surface area contributed by atoms with Crippen LogP contribution >= 0.6 is 0 Å². The zero-order chi connectivity index (χ0) is 16.3. The first-order valence-electron chi connectivity index (χ1n) is 8.94. The molecule has 23 heavy (non-hydrogen) atoms. The zero-order valence-electron chi connectivity index (χ0n) is 14.3. The molecule has 1 N–H and O–H groups in total. The van der Waals surface area contributed by atoms with E-state index in [9.17, 15) is 9.90 Å². The van der Waals surface area contributed by atoms with Gasteiger partial charge in [-0.15, -0.1) is 0 Å². The summed E-state index contributed by atoms with van der Waals surface area (Å²) in [7, 11) is 1.76. The van der Waals surface area contributed by atoms with Gasteiger partial charge < -0.3 is 19.5 Å². The molecule has 3 aliphatic rings. The molecule has 3 fully saturated rings. The fourth-order valence-corrected chi connectivity index (χ4v) is 4.22. The molecule has 3 aliphatic heterocycles. The summed E-state index contributed by atoms with van der Waals surface area (Å²) in [6, 6.07) is 0. The molecule has 6 nitrogen and oxygen atoms in total. The van der Waals surface area contributed by atoms with Crippen LogP contribution in [0, 0.1) is 0 Å². The van der Waals surface area contributed by atoms with Crippen LogP contribution in [0.1, 0.15) is 38.5 Å². The fraction of sp³-hybridized carbons (Fsp3) is 0.941. The van der Waals surface area contributed by atoms with Crippen LogP contribution < -0.4 is 0 Å². The third kappa shape index (κ3) is 3.71. The van der Waals surface area contributed by atoms with Crippen molar-refractivity contribution in [2.75, 3.05) is 53.0 Å². The number of carbonyl (C=O) groups is 1. The maximum absolute atomic E-state index is 12.7. The van der Waals surface area contributed by atoms with E-state index in [-0.39, 0.29) is 11.5 Å². The predicted octanol–water partition coefficient (Wildman–Crippen LogP) is 0.631. The number of amides is 1. The number of likely N-dealkylation sites (tertiary alicyclic amines) is 2. The standard InChI is InChI=1S/C17H30N2O4/c1-22-16(6-11-23-12-7-16)13-18-8-4-5-17(21,14-18)15(20)19-9-2-3-10-19/h21H,2-14H2,1H3. The van der Waals surface area contributed by atoms with E-state index in [1.165, 1.54) is 0 Å². The second kappa shape index (κ2) is 7.05. The first-order chi connectivity index (χ1) is 11.1. The minimum absolute atomic E-state index is 0.0712. The topological polar surface area (TPSA) is 62.2 Å². The van der Waals surface area contributed by atoms with Gasteiger partial charge >= 0.3 is 0 Å². The van der Waals surface area contributed by atoms with E-state index in [1.807, 2.05) is 4.90 Å². The van der Waals surface area contributed by atoms with E-state index in [0.29, 0.717) is 13.0 Å². The maximum atomic E-state index is 12.7. The van der Waals surface area contributed by atoms with E-state index in [0.717, 1.165) is 71.5 Å². The Balaban J connectivity index is 1.63. The molecule has 0 aromatic heterocycles. The largest absolute Gasteiger partial charge is 0.381 e. The molecule has 3 rings (SSSR count). The van der Waals surface area contributed by atoms with Crippen LogP contribution in [0.4, 0.5) is 0 Å². The number of rotatable bonds is 4. The third-order valence-corrected chi connectivity index (χ3v) is 5.69. The van der Waals surface area contributed by atoms with Crippen molar-refractivity contribution >= 4 is 5.91 Å². The van der Waals surface area contributed by atoms with Gasteiger partial charge in [0, 0.05) is 59.3 Å². The number of hydrogen-bond donors (Lipinski definition) is 1. The van der Waals surface area contributed by atoms with E-state index >= 15 is 0 Å². The van der Waals surface area contributed by atoms with Crippen molar-refractivity contribution in [2.24, 2.45) is 0 Å². The molecule has 6 heteroatoms. The molecule has 3 heterocycles. The van der Waals surface area contributed by atoms with Crippen LogP contribution in [0.3, 0.4) is 0 Å². The van der Waals surface area contributed by atoms with Gasteiger partial charge in [-0.3, -0.25) is 9.69 Å². The molecular weight excluding hydrogens is 296 g/mol. The molecule has 0 aromatic carbocycles. The van der Waals surface area contributed by atoms with Gasteiger partial charge in [0.25, 0.3) is 5.91 Å². The van der Waals surface area contributed by atoms with Gasteiger partial charge in [-0.25, -0.2) is 0 Å². The average Bonchev–Trinajstić information content (AvgIpc) is 3.09. The van der Waals surface area contributed by atoms with Crippen LogP contribution in [0.25, 0.3) is 0 Å². The minimum atomic E-state index is -1.22. The Kier molecular flexibility index (Phi) is 5.26. The van der Waals surface area contributed by atoms with Crippen LogP contribution in [0.5, 0.6) is 0 Å².